The van der Waals surface area contributed by atoms with E-state index in [1.54, 1.807) is 0 Å². The van der Waals surface area contributed by atoms with E-state index in [1.165, 1.54) is 49.9 Å². The molecule has 110 valence electrons. The van der Waals surface area contributed by atoms with Crippen LogP contribution in [0.25, 0.3) is 0 Å². The average molecular weight is 272 g/mol. The maximum atomic E-state index is 3.82. The zero-order chi connectivity index (χ0) is 13.9. The van der Waals surface area contributed by atoms with E-state index in [1.807, 2.05) is 0 Å². The zero-order valence-corrected chi connectivity index (χ0v) is 12.9. The lowest BCUT2D eigenvalue weighted by molar-refractivity contribution is 0.270. The van der Waals surface area contributed by atoms with E-state index in [4.69, 9.17) is 0 Å². The summed E-state index contributed by atoms with van der Waals surface area (Å²) in [6, 6.07) is 10.6. The van der Waals surface area contributed by atoms with Crippen LogP contribution in [0.4, 0.5) is 0 Å². The van der Waals surface area contributed by atoms with Crippen LogP contribution in [0.2, 0.25) is 0 Å². The van der Waals surface area contributed by atoms with Crippen molar-refractivity contribution in [2.45, 2.75) is 51.6 Å². The molecule has 2 aliphatic rings. The second kappa shape index (κ2) is 6.28. The number of nitrogens with zero attached hydrogens (tertiary/aromatic N) is 1. The quantitative estimate of drug-likeness (QED) is 0.779. The average Bonchev–Trinajstić information content (AvgIpc) is 3.33. The molecular formula is C18H28N2. The molecule has 2 saturated carbocycles. The minimum Gasteiger partial charge on any atom is -0.308 e. The first-order chi connectivity index (χ1) is 9.78. The predicted octanol–water partition coefficient (Wildman–Crippen LogP) is 3.52. The van der Waals surface area contributed by atoms with Gasteiger partial charge in [0.05, 0.1) is 0 Å². The van der Waals surface area contributed by atoms with Crippen molar-refractivity contribution in [3.05, 3.63) is 35.4 Å². The lowest BCUT2D eigenvalue weighted by Crippen LogP contribution is -2.35. The number of rotatable bonds is 8. The summed E-state index contributed by atoms with van der Waals surface area (Å²) in [5.41, 5.74) is 2.83. The minimum atomic E-state index is 0.577. The molecule has 0 aliphatic heterocycles. The molecule has 0 bridgehead atoms. The molecule has 0 heterocycles. The summed E-state index contributed by atoms with van der Waals surface area (Å²) in [7, 11) is 0. The van der Waals surface area contributed by atoms with Crippen LogP contribution in [0.3, 0.4) is 0 Å². The molecule has 1 unspecified atom stereocenters. The molecule has 0 amide bonds. The topological polar surface area (TPSA) is 15.3 Å². The lowest BCUT2D eigenvalue weighted by Gasteiger charge is -2.23. The highest BCUT2D eigenvalue weighted by Crippen LogP contribution is 2.41. The Morgan fingerprint density at radius 2 is 1.85 bits per heavy atom. The minimum absolute atomic E-state index is 0.577. The van der Waals surface area contributed by atoms with Crippen LogP contribution in [0.15, 0.2) is 24.3 Å². The summed E-state index contributed by atoms with van der Waals surface area (Å²) < 4.78 is 0. The molecule has 2 aliphatic carbocycles. The van der Waals surface area contributed by atoms with Gasteiger partial charge in [-0.05, 0) is 50.6 Å². The van der Waals surface area contributed by atoms with Crippen molar-refractivity contribution < 1.29 is 0 Å². The Morgan fingerprint density at radius 3 is 2.40 bits per heavy atom. The van der Waals surface area contributed by atoms with E-state index in [0.29, 0.717) is 6.04 Å². The molecule has 0 radical (unpaired) electrons. The van der Waals surface area contributed by atoms with Crippen LogP contribution in [0, 0.1) is 12.8 Å². The molecule has 1 atom stereocenters. The van der Waals surface area contributed by atoms with E-state index in [-0.39, 0.29) is 0 Å². The number of hydrogen-bond acceptors (Lipinski definition) is 2. The smallest absolute Gasteiger partial charge is 0.0349 e. The Morgan fingerprint density at radius 1 is 1.15 bits per heavy atom. The Bertz CT molecular complexity index is 418. The molecule has 1 aromatic carbocycles. The van der Waals surface area contributed by atoms with Gasteiger partial charge in [-0.2, -0.15) is 0 Å². The highest BCUT2D eigenvalue weighted by molar-refractivity contribution is 5.25. The maximum Gasteiger partial charge on any atom is 0.0349 e. The Kier molecular flexibility index (Phi) is 4.42. The summed E-state index contributed by atoms with van der Waals surface area (Å²) in [6.07, 6.45) is 5.62. The zero-order valence-electron chi connectivity index (χ0n) is 12.9. The van der Waals surface area contributed by atoms with E-state index >= 15 is 0 Å². The standard InChI is InChI=1S/C18H28N2/c1-3-20(17-10-11-17)13-12-19-18(16-8-9-16)15-6-4-14(2)5-7-15/h4-7,16-19H,3,8-13H2,1-2H3. The fourth-order valence-electron chi connectivity index (χ4n) is 3.16. The summed E-state index contributed by atoms with van der Waals surface area (Å²) in [5.74, 6) is 0.869. The number of hydrogen-bond donors (Lipinski definition) is 1. The van der Waals surface area contributed by atoms with Gasteiger partial charge in [0.15, 0.2) is 0 Å². The summed E-state index contributed by atoms with van der Waals surface area (Å²) in [4.78, 5) is 2.63. The summed E-state index contributed by atoms with van der Waals surface area (Å²) >= 11 is 0. The SMILES string of the molecule is CCN(CCNC(c1ccc(C)cc1)C1CC1)C1CC1. The van der Waals surface area contributed by atoms with Crippen molar-refractivity contribution in [3.63, 3.8) is 0 Å². The number of likely N-dealkylation sites (N-methyl/N-ethyl adjacent to an activating group) is 1. The highest BCUT2D eigenvalue weighted by atomic mass is 15.2. The van der Waals surface area contributed by atoms with Crippen LogP contribution in [0.5, 0.6) is 0 Å². The van der Waals surface area contributed by atoms with Crippen LogP contribution < -0.4 is 5.32 Å². The van der Waals surface area contributed by atoms with Gasteiger partial charge in [-0.15, -0.1) is 0 Å². The van der Waals surface area contributed by atoms with Crippen molar-refractivity contribution in [1.82, 2.24) is 10.2 Å². The molecule has 2 heteroatoms. The second-order valence-electron chi connectivity index (χ2n) is 6.54. The van der Waals surface area contributed by atoms with E-state index in [2.05, 4.69) is 48.3 Å². The van der Waals surface area contributed by atoms with Crippen molar-refractivity contribution in [3.8, 4) is 0 Å². The van der Waals surface area contributed by atoms with Crippen molar-refractivity contribution in [2.75, 3.05) is 19.6 Å². The molecule has 1 aromatic rings. The predicted molar refractivity (Wildman–Crippen MR) is 84.9 cm³/mol. The molecule has 0 saturated heterocycles. The number of benzene rings is 1. The number of nitrogens with one attached hydrogen (secondary N) is 1. The van der Waals surface area contributed by atoms with Gasteiger partial charge >= 0.3 is 0 Å². The van der Waals surface area contributed by atoms with Crippen LogP contribution in [-0.4, -0.2) is 30.6 Å². The fourth-order valence-corrected chi connectivity index (χ4v) is 3.16. The third kappa shape index (κ3) is 3.62. The first-order valence-corrected chi connectivity index (χ1v) is 8.32. The van der Waals surface area contributed by atoms with Crippen LogP contribution >= 0.6 is 0 Å². The van der Waals surface area contributed by atoms with Gasteiger partial charge in [0, 0.05) is 25.2 Å². The first-order valence-electron chi connectivity index (χ1n) is 8.32. The van der Waals surface area contributed by atoms with Gasteiger partial charge in [-0.3, -0.25) is 4.90 Å². The van der Waals surface area contributed by atoms with Gasteiger partial charge in [0.2, 0.25) is 0 Å². The summed E-state index contributed by atoms with van der Waals surface area (Å²) in [5, 5.41) is 3.82. The monoisotopic (exact) mass is 272 g/mol. The third-order valence-corrected chi connectivity index (χ3v) is 4.76. The van der Waals surface area contributed by atoms with Gasteiger partial charge in [-0.1, -0.05) is 36.8 Å². The molecule has 2 fully saturated rings. The normalized spacial score (nSPS) is 20.4. The second-order valence-corrected chi connectivity index (χ2v) is 6.54. The largest absolute Gasteiger partial charge is 0.308 e. The van der Waals surface area contributed by atoms with Crippen molar-refractivity contribution >= 4 is 0 Å². The molecular weight excluding hydrogens is 244 g/mol. The molecule has 2 nitrogen and oxygen atoms in total. The van der Waals surface area contributed by atoms with Crippen molar-refractivity contribution in [1.29, 1.82) is 0 Å². The van der Waals surface area contributed by atoms with Gasteiger partial charge < -0.3 is 5.32 Å². The van der Waals surface area contributed by atoms with Crippen LogP contribution in [-0.2, 0) is 0 Å². The third-order valence-electron chi connectivity index (χ3n) is 4.76. The van der Waals surface area contributed by atoms with Crippen LogP contribution in [0.1, 0.15) is 49.8 Å². The Hall–Kier alpha value is -0.860. The van der Waals surface area contributed by atoms with E-state index in [9.17, 15) is 0 Å². The Balaban J connectivity index is 1.53. The van der Waals surface area contributed by atoms with Crippen molar-refractivity contribution in [2.24, 2.45) is 5.92 Å². The van der Waals surface area contributed by atoms with Gasteiger partial charge in [0.25, 0.3) is 0 Å². The molecule has 0 spiro atoms. The van der Waals surface area contributed by atoms with E-state index in [0.717, 1.165) is 18.5 Å². The lowest BCUT2D eigenvalue weighted by atomic mass is 10.0. The Labute approximate surface area is 123 Å². The highest BCUT2D eigenvalue weighted by Gasteiger charge is 2.32. The van der Waals surface area contributed by atoms with Gasteiger partial charge in [-0.25, -0.2) is 0 Å². The molecule has 0 aromatic heterocycles. The first kappa shape index (κ1) is 14.1. The van der Waals surface area contributed by atoms with E-state index < -0.39 is 0 Å². The molecule has 1 N–H and O–H groups in total. The summed E-state index contributed by atoms with van der Waals surface area (Å²) in [6.45, 7) is 7.98. The number of aryl methyl sites for hydroxylation is 1. The maximum absolute atomic E-state index is 3.82. The molecule has 3 rings (SSSR count). The van der Waals surface area contributed by atoms with Gasteiger partial charge in [0.1, 0.15) is 0 Å². The molecule has 20 heavy (non-hydrogen) atoms. The fraction of sp³-hybridized carbons (Fsp3) is 0.667.